The molecule has 0 rings (SSSR count). The van der Waals surface area contributed by atoms with E-state index < -0.39 is 12.5 Å². The van der Waals surface area contributed by atoms with Crippen molar-refractivity contribution in [1.82, 2.24) is 5.32 Å². The molecule has 3 nitrogen and oxygen atoms in total. The molecule has 0 aliphatic carbocycles. The van der Waals surface area contributed by atoms with Crippen LogP contribution in [0.15, 0.2) is 0 Å². The number of nitrogens with one attached hydrogen (secondary N) is 1. The van der Waals surface area contributed by atoms with Crippen molar-refractivity contribution in [2.75, 3.05) is 0 Å². The van der Waals surface area contributed by atoms with Crippen LogP contribution in [0.25, 0.3) is 0 Å². The summed E-state index contributed by atoms with van der Waals surface area (Å²) in [7, 11) is 0. The normalized spacial score (nSPS) is 13.2. The molecule has 0 fully saturated rings. The summed E-state index contributed by atoms with van der Waals surface area (Å²) in [4.78, 5) is 0. The van der Waals surface area contributed by atoms with Gasteiger partial charge in [-0.1, -0.05) is 194 Å². The predicted octanol–water partition coefficient (Wildman–Crippen LogP) is 11.7. The Morgan fingerprint density at radius 3 is 0.692 bits per heavy atom. The van der Waals surface area contributed by atoms with Crippen molar-refractivity contribution in [3.63, 3.8) is 0 Å². The Labute approximate surface area is 247 Å². The number of rotatable bonds is 34. The third kappa shape index (κ3) is 34.0. The van der Waals surface area contributed by atoms with Crippen molar-refractivity contribution < 1.29 is 10.2 Å². The highest BCUT2D eigenvalue weighted by Gasteiger charge is 2.09. The molecule has 0 bridgehead atoms. The van der Waals surface area contributed by atoms with Crippen LogP contribution < -0.4 is 5.32 Å². The van der Waals surface area contributed by atoms with Crippen LogP contribution in [0, 0.1) is 0 Å². The Morgan fingerprint density at radius 1 is 0.308 bits per heavy atom. The number of unbranched alkanes of at least 4 members (excludes halogenated alkanes) is 28. The first-order valence-electron chi connectivity index (χ1n) is 18.3. The third-order valence-electron chi connectivity index (χ3n) is 8.55. The lowest BCUT2D eigenvalue weighted by atomic mass is 10.0. The van der Waals surface area contributed by atoms with Crippen LogP contribution in [0.3, 0.4) is 0 Å². The second-order valence-corrected chi connectivity index (χ2v) is 12.7. The molecule has 0 radical (unpaired) electrons. The van der Waals surface area contributed by atoms with Crippen LogP contribution >= 0.6 is 0 Å². The molecule has 0 saturated heterocycles. The molecule has 3 N–H and O–H groups in total. The summed E-state index contributed by atoms with van der Waals surface area (Å²) in [6.45, 7) is 4.57. The van der Waals surface area contributed by atoms with E-state index in [0.717, 1.165) is 25.7 Å². The zero-order valence-corrected chi connectivity index (χ0v) is 27.2. The van der Waals surface area contributed by atoms with Gasteiger partial charge in [0.25, 0.3) is 0 Å². The summed E-state index contributed by atoms with van der Waals surface area (Å²) in [5.41, 5.74) is 0. The van der Waals surface area contributed by atoms with Gasteiger partial charge >= 0.3 is 0 Å². The molecule has 0 heterocycles. The van der Waals surface area contributed by atoms with Crippen LogP contribution in [0.1, 0.15) is 219 Å². The standard InChI is InChI=1S/C36H75NO2/c1-3-5-7-9-11-13-15-17-18-19-20-22-24-26-28-30-32-34-36(39)37-35(38)33-31-29-27-25-23-21-16-14-12-10-8-6-4-2/h35-39H,3-34H2,1-2H3. The predicted molar refractivity (Wildman–Crippen MR) is 174 cm³/mol. The summed E-state index contributed by atoms with van der Waals surface area (Å²) in [5, 5.41) is 23.3. The molecule has 3 heteroatoms. The molecule has 0 amide bonds. The maximum Gasteiger partial charge on any atom is 0.106 e. The second-order valence-electron chi connectivity index (χ2n) is 12.7. The van der Waals surface area contributed by atoms with E-state index in [4.69, 9.17) is 0 Å². The first-order valence-corrected chi connectivity index (χ1v) is 18.3. The minimum absolute atomic E-state index is 0.557. The first kappa shape index (κ1) is 38.9. The third-order valence-corrected chi connectivity index (χ3v) is 8.55. The number of aliphatic hydroxyl groups excluding tert-OH is 2. The van der Waals surface area contributed by atoms with E-state index in [1.807, 2.05) is 0 Å². The second kappa shape index (κ2) is 34.1. The minimum Gasteiger partial charge on any atom is -0.379 e. The van der Waals surface area contributed by atoms with Gasteiger partial charge in [0.1, 0.15) is 12.5 Å². The first-order chi connectivity index (χ1) is 19.2. The van der Waals surface area contributed by atoms with Crippen molar-refractivity contribution in [1.29, 1.82) is 0 Å². The largest absolute Gasteiger partial charge is 0.379 e. The SMILES string of the molecule is CCCCCCCCCCCCCCCCCCCC(O)NC(O)CCCCCCCCCCCCCCC. The van der Waals surface area contributed by atoms with Gasteiger partial charge in [-0.25, -0.2) is 0 Å². The molecule has 0 aromatic carbocycles. The van der Waals surface area contributed by atoms with Gasteiger partial charge in [0.05, 0.1) is 0 Å². The number of hydrogen-bond acceptors (Lipinski definition) is 3. The molecule has 2 unspecified atom stereocenters. The van der Waals surface area contributed by atoms with Crippen molar-refractivity contribution in [3.8, 4) is 0 Å². The summed E-state index contributed by atoms with van der Waals surface area (Å²) in [6.07, 6.45) is 41.3. The lowest BCUT2D eigenvalue weighted by Gasteiger charge is -2.18. The Balaban J connectivity index is 3.26. The van der Waals surface area contributed by atoms with E-state index in [9.17, 15) is 10.2 Å². The van der Waals surface area contributed by atoms with Crippen molar-refractivity contribution in [2.24, 2.45) is 0 Å². The molecule has 0 saturated carbocycles. The van der Waals surface area contributed by atoms with Crippen molar-refractivity contribution >= 4 is 0 Å². The van der Waals surface area contributed by atoms with Crippen molar-refractivity contribution in [3.05, 3.63) is 0 Å². The zero-order chi connectivity index (χ0) is 28.5. The Kier molecular flexibility index (Phi) is 34.0. The lowest BCUT2D eigenvalue weighted by molar-refractivity contribution is 0.0310. The van der Waals surface area contributed by atoms with Gasteiger partial charge < -0.3 is 10.2 Å². The highest BCUT2D eigenvalue weighted by atomic mass is 16.3. The van der Waals surface area contributed by atoms with Gasteiger partial charge in [-0.15, -0.1) is 0 Å². The van der Waals surface area contributed by atoms with Gasteiger partial charge in [0.2, 0.25) is 0 Å². The summed E-state index contributed by atoms with van der Waals surface area (Å²) in [6, 6.07) is 0. The summed E-state index contributed by atoms with van der Waals surface area (Å²) >= 11 is 0. The molecular formula is C36H75NO2. The van der Waals surface area contributed by atoms with E-state index in [2.05, 4.69) is 19.2 Å². The number of hydrogen-bond donors (Lipinski definition) is 3. The van der Waals surface area contributed by atoms with Crippen LogP contribution in [-0.4, -0.2) is 22.7 Å². The zero-order valence-electron chi connectivity index (χ0n) is 27.2. The number of aliphatic hydroxyl groups is 2. The van der Waals surface area contributed by atoms with Gasteiger partial charge in [-0.3, -0.25) is 5.32 Å². The molecule has 39 heavy (non-hydrogen) atoms. The highest BCUT2D eigenvalue weighted by molar-refractivity contribution is 4.60. The fourth-order valence-electron chi connectivity index (χ4n) is 5.81. The lowest BCUT2D eigenvalue weighted by Crippen LogP contribution is -2.38. The fourth-order valence-corrected chi connectivity index (χ4v) is 5.81. The van der Waals surface area contributed by atoms with E-state index in [-0.39, 0.29) is 0 Å². The molecule has 0 spiro atoms. The maximum atomic E-state index is 10.2. The summed E-state index contributed by atoms with van der Waals surface area (Å²) in [5.74, 6) is 0. The van der Waals surface area contributed by atoms with Crippen LogP contribution in [0.4, 0.5) is 0 Å². The Hall–Kier alpha value is -0.120. The van der Waals surface area contributed by atoms with Crippen LogP contribution in [0.2, 0.25) is 0 Å². The Bertz CT molecular complexity index is 430. The topological polar surface area (TPSA) is 52.5 Å². The van der Waals surface area contributed by atoms with Crippen LogP contribution in [-0.2, 0) is 0 Å². The van der Waals surface area contributed by atoms with Gasteiger partial charge in [-0.2, -0.15) is 0 Å². The van der Waals surface area contributed by atoms with Crippen LogP contribution in [0.5, 0.6) is 0 Å². The summed E-state index contributed by atoms with van der Waals surface area (Å²) < 4.78 is 0. The average Bonchev–Trinajstić information content (AvgIpc) is 2.93. The van der Waals surface area contributed by atoms with Crippen molar-refractivity contribution in [2.45, 2.75) is 232 Å². The molecule has 2 atom stereocenters. The molecule has 0 aliphatic rings. The van der Waals surface area contributed by atoms with Gasteiger partial charge in [0.15, 0.2) is 0 Å². The molecule has 0 aliphatic heterocycles. The Morgan fingerprint density at radius 2 is 0.487 bits per heavy atom. The smallest absolute Gasteiger partial charge is 0.106 e. The van der Waals surface area contributed by atoms with E-state index in [0.29, 0.717) is 0 Å². The fraction of sp³-hybridized carbons (Fsp3) is 1.00. The molecular weight excluding hydrogens is 478 g/mol. The monoisotopic (exact) mass is 554 g/mol. The maximum absolute atomic E-state index is 10.2. The van der Waals surface area contributed by atoms with Gasteiger partial charge in [0, 0.05) is 0 Å². The minimum atomic E-state index is -0.557. The van der Waals surface area contributed by atoms with E-state index >= 15 is 0 Å². The average molecular weight is 554 g/mol. The van der Waals surface area contributed by atoms with E-state index in [1.165, 1.54) is 180 Å². The van der Waals surface area contributed by atoms with Gasteiger partial charge in [-0.05, 0) is 25.7 Å². The molecule has 0 aromatic heterocycles. The highest BCUT2D eigenvalue weighted by Crippen LogP contribution is 2.16. The quantitative estimate of drug-likeness (QED) is 0.0548. The van der Waals surface area contributed by atoms with E-state index in [1.54, 1.807) is 0 Å². The molecule has 236 valence electrons. The molecule has 0 aromatic rings.